The molecule has 1 saturated heterocycles. The zero-order valence-electron chi connectivity index (χ0n) is 18.2. The van der Waals surface area contributed by atoms with Crippen molar-refractivity contribution in [2.45, 2.75) is 18.3 Å². The SMILES string of the molecule is Cc1ccc(CNC(=O)CN2C(=O)C3(SCC(=O)N3c3ccccc3)c3ccccc32)cc1. The molecule has 3 amide bonds. The van der Waals surface area contributed by atoms with Gasteiger partial charge in [0.25, 0.3) is 5.91 Å². The first kappa shape index (κ1) is 21.3. The van der Waals surface area contributed by atoms with Gasteiger partial charge in [-0.25, -0.2) is 0 Å². The van der Waals surface area contributed by atoms with E-state index in [1.54, 1.807) is 4.90 Å². The van der Waals surface area contributed by atoms with Crippen LogP contribution in [0, 0.1) is 6.92 Å². The van der Waals surface area contributed by atoms with Crippen molar-refractivity contribution in [3.8, 4) is 0 Å². The Labute approximate surface area is 196 Å². The maximum Gasteiger partial charge on any atom is 0.269 e. The minimum Gasteiger partial charge on any atom is -0.350 e. The number of nitrogens with zero attached hydrogens (tertiary/aromatic N) is 2. The summed E-state index contributed by atoms with van der Waals surface area (Å²) in [7, 11) is 0. The van der Waals surface area contributed by atoms with Crippen molar-refractivity contribution in [1.29, 1.82) is 0 Å². The average molecular weight is 458 g/mol. The van der Waals surface area contributed by atoms with E-state index in [1.165, 1.54) is 16.7 Å². The number of aryl methyl sites for hydroxylation is 1. The number of benzene rings is 3. The Bertz CT molecular complexity index is 1230. The highest BCUT2D eigenvalue weighted by atomic mass is 32.2. The van der Waals surface area contributed by atoms with E-state index in [4.69, 9.17) is 0 Å². The summed E-state index contributed by atoms with van der Waals surface area (Å²) in [6.45, 7) is 2.29. The summed E-state index contributed by atoms with van der Waals surface area (Å²) in [5.41, 5.74) is 4.21. The monoisotopic (exact) mass is 457 g/mol. The highest BCUT2D eigenvalue weighted by Gasteiger charge is 2.61. The topological polar surface area (TPSA) is 69.7 Å². The quantitative estimate of drug-likeness (QED) is 0.636. The number of anilines is 2. The van der Waals surface area contributed by atoms with Crippen molar-refractivity contribution in [2.75, 3.05) is 22.1 Å². The van der Waals surface area contributed by atoms with Gasteiger partial charge in [-0.2, -0.15) is 0 Å². The van der Waals surface area contributed by atoms with Gasteiger partial charge >= 0.3 is 0 Å². The maximum atomic E-state index is 13.9. The number of thioether (sulfide) groups is 1. The Morgan fingerprint density at radius 2 is 1.67 bits per heavy atom. The predicted molar refractivity (Wildman–Crippen MR) is 130 cm³/mol. The van der Waals surface area contributed by atoms with Crippen molar-refractivity contribution in [3.63, 3.8) is 0 Å². The van der Waals surface area contributed by atoms with E-state index in [2.05, 4.69) is 5.32 Å². The maximum absolute atomic E-state index is 13.9. The molecule has 1 spiro atoms. The normalized spacial score (nSPS) is 19.3. The van der Waals surface area contributed by atoms with Gasteiger partial charge in [0.05, 0.1) is 11.4 Å². The van der Waals surface area contributed by atoms with Crippen LogP contribution in [-0.2, 0) is 25.8 Å². The Morgan fingerprint density at radius 1 is 0.970 bits per heavy atom. The second kappa shape index (κ2) is 8.41. The predicted octanol–water partition coefficient (Wildman–Crippen LogP) is 3.59. The molecule has 2 heterocycles. The van der Waals surface area contributed by atoms with Crippen LogP contribution in [0.15, 0.2) is 78.9 Å². The molecule has 0 saturated carbocycles. The van der Waals surface area contributed by atoms with E-state index in [0.717, 1.165) is 16.7 Å². The molecule has 1 N–H and O–H groups in total. The zero-order chi connectivity index (χ0) is 23.0. The van der Waals surface area contributed by atoms with Crippen molar-refractivity contribution in [3.05, 3.63) is 95.6 Å². The van der Waals surface area contributed by atoms with Gasteiger partial charge in [0.2, 0.25) is 16.7 Å². The second-order valence-corrected chi connectivity index (χ2v) is 9.34. The van der Waals surface area contributed by atoms with Gasteiger partial charge in [-0.1, -0.05) is 66.2 Å². The standard InChI is InChI=1S/C26H23N3O3S/c1-18-11-13-19(14-12-18)15-27-23(30)16-28-22-10-6-5-9-21(22)26(25(28)32)29(24(31)17-33-26)20-7-3-2-4-8-20/h2-14H,15-17H2,1H3,(H,27,30). The third-order valence-corrected chi connectivity index (χ3v) is 7.38. The molecule has 33 heavy (non-hydrogen) atoms. The van der Waals surface area contributed by atoms with Crippen molar-refractivity contribution in [2.24, 2.45) is 0 Å². The third-order valence-electron chi connectivity index (χ3n) is 5.99. The number of amides is 3. The van der Waals surface area contributed by atoms with Gasteiger partial charge in [0.15, 0.2) is 0 Å². The fourth-order valence-corrected chi connectivity index (χ4v) is 5.76. The van der Waals surface area contributed by atoms with E-state index in [1.807, 2.05) is 85.8 Å². The summed E-state index contributed by atoms with van der Waals surface area (Å²) in [5, 5.41) is 2.91. The number of fused-ring (bicyclic) bond motifs is 2. The lowest BCUT2D eigenvalue weighted by Gasteiger charge is -2.33. The van der Waals surface area contributed by atoms with Gasteiger partial charge in [-0.15, -0.1) is 11.8 Å². The molecule has 7 heteroatoms. The number of hydrogen-bond donors (Lipinski definition) is 1. The number of hydrogen-bond acceptors (Lipinski definition) is 4. The molecule has 0 radical (unpaired) electrons. The van der Waals surface area contributed by atoms with Crippen molar-refractivity contribution < 1.29 is 14.4 Å². The Hall–Kier alpha value is -3.58. The largest absolute Gasteiger partial charge is 0.350 e. The van der Waals surface area contributed by atoms with E-state index in [9.17, 15) is 14.4 Å². The summed E-state index contributed by atoms with van der Waals surface area (Å²) in [5.74, 6) is -0.451. The van der Waals surface area contributed by atoms with Gasteiger partial charge in [0.1, 0.15) is 6.54 Å². The number of carbonyl (C=O) groups is 3. The first-order valence-electron chi connectivity index (χ1n) is 10.8. The first-order chi connectivity index (χ1) is 16.0. The lowest BCUT2D eigenvalue weighted by Crippen LogP contribution is -2.51. The van der Waals surface area contributed by atoms with Crippen LogP contribution in [0.4, 0.5) is 11.4 Å². The van der Waals surface area contributed by atoms with Crippen molar-refractivity contribution in [1.82, 2.24) is 5.32 Å². The van der Waals surface area contributed by atoms with Crippen LogP contribution >= 0.6 is 11.8 Å². The fraction of sp³-hybridized carbons (Fsp3) is 0.192. The molecule has 2 aliphatic heterocycles. The third kappa shape index (κ3) is 3.58. The number of rotatable bonds is 5. The molecule has 3 aromatic carbocycles. The smallest absolute Gasteiger partial charge is 0.269 e. The average Bonchev–Trinajstić information content (AvgIpc) is 3.30. The Kier molecular flexibility index (Phi) is 5.42. The Morgan fingerprint density at radius 3 is 2.42 bits per heavy atom. The van der Waals surface area contributed by atoms with Crippen LogP contribution in [0.5, 0.6) is 0 Å². The molecule has 1 fully saturated rings. The first-order valence-corrected chi connectivity index (χ1v) is 11.7. The van der Waals surface area contributed by atoms with E-state index in [0.29, 0.717) is 17.9 Å². The van der Waals surface area contributed by atoms with Crippen LogP contribution in [0.25, 0.3) is 0 Å². The molecule has 2 aliphatic rings. The number of para-hydroxylation sites is 2. The van der Waals surface area contributed by atoms with Gasteiger partial charge in [-0.05, 0) is 30.7 Å². The van der Waals surface area contributed by atoms with Crippen LogP contribution < -0.4 is 15.1 Å². The summed E-state index contributed by atoms with van der Waals surface area (Å²) in [6, 6.07) is 24.6. The number of carbonyl (C=O) groups excluding carboxylic acids is 3. The summed E-state index contributed by atoms with van der Waals surface area (Å²) in [6.07, 6.45) is 0. The zero-order valence-corrected chi connectivity index (χ0v) is 19.0. The van der Waals surface area contributed by atoms with Gasteiger partial charge in [0, 0.05) is 17.8 Å². The Balaban J connectivity index is 1.43. The summed E-state index contributed by atoms with van der Waals surface area (Å²) < 4.78 is 0. The van der Waals surface area contributed by atoms with E-state index >= 15 is 0 Å². The molecule has 0 aromatic heterocycles. The molecule has 1 atom stereocenters. The molecule has 1 unspecified atom stereocenters. The van der Waals surface area contributed by atoms with Crippen molar-refractivity contribution >= 4 is 40.9 Å². The number of nitrogens with one attached hydrogen (secondary N) is 1. The van der Waals surface area contributed by atoms with Crippen LogP contribution in [0.1, 0.15) is 16.7 Å². The lowest BCUT2D eigenvalue weighted by atomic mass is 10.0. The minimum atomic E-state index is -1.20. The molecule has 6 nitrogen and oxygen atoms in total. The minimum absolute atomic E-state index is 0.110. The van der Waals surface area contributed by atoms with Crippen LogP contribution in [0.3, 0.4) is 0 Å². The molecule has 0 bridgehead atoms. The molecule has 5 rings (SSSR count). The summed E-state index contributed by atoms with van der Waals surface area (Å²) in [4.78, 5) is 41.6. The molecule has 0 aliphatic carbocycles. The second-order valence-electron chi connectivity index (χ2n) is 8.17. The molecular weight excluding hydrogens is 434 g/mol. The molecule has 3 aromatic rings. The molecule has 166 valence electrons. The van der Waals surface area contributed by atoms with E-state index < -0.39 is 4.87 Å². The summed E-state index contributed by atoms with van der Waals surface area (Å²) >= 11 is 1.31. The molecular formula is C26H23N3O3S. The van der Waals surface area contributed by atoms with Gasteiger partial charge in [-0.3, -0.25) is 24.2 Å². The lowest BCUT2D eigenvalue weighted by molar-refractivity contribution is -0.125. The highest BCUT2D eigenvalue weighted by Crippen LogP contribution is 2.55. The highest BCUT2D eigenvalue weighted by molar-refractivity contribution is 8.02. The fourth-order valence-electron chi connectivity index (χ4n) is 4.40. The van der Waals surface area contributed by atoms with Crippen LogP contribution in [0.2, 0.25) is 0 Å². The van der Waals surface area contributed by atoms with E-state index in [-0.39, 0.29) is 30.0 Å². The van der Waals surface area contributed by atoms with Crippen LogP contribution in [-0.4, -0.2) is 30.0 Å². The van der Waals surface area contributed by atoms with Gasteiger partial charge < -0.3 is 5.32 Å².